The van der Waals surface area contributed by atoms with Gasteiger partial charge >= 0.3 is 0 Å². The molecule has 1 aliphatic carbocycles. The number of hydrogen-bond acceptors (Lipinski definition) is 2. The summed E-state index contributed by atoms with van der Waals surface area (Å²) in [7, 11) is 0. The molecule has 1 N–H and O–H groups in total. The van der Waals surface area contributed by atoms with Crippen molar-refractivity contribution in [3.05, 3.63) is 105 Å². The Bertz CT molecular complexity index is 1110. The van der Waals surface area contributed by atoms with Crippen LogP contribution in [0.15, 0.2) is 77.7 Å². The molecule has 0 amide bonds. The van der Waals surface area contributed by atoms with E-state index in [9.17, 15) is 0 Å². The third-order valence-corrected chi connectivity index (χ3v) is 7.82. The molecule has 1 nitrogen and oxygen atoms in total. The fourth-order valence-corrected chi connectivity index (χ4v) is 6.17. The van der Waals surface area contributed by atoms with Crippen LogP contribution in [-0.2, 0) is 5.75 Å². The minimum absolute atomic E-state index is 0.186. The lowest BCUT2D eigenvalue weighted by molar-refractivity contribution is 0.425. The normalized spacial score (nSPS) is 21.8. The van der Waals surface area contributed by atoms with Gasteiger partial charge < -0.3 is 5.32 Å². The highest BCUT2D eigenvalue weighted by Crippen LogP contribution is 2.52. The summed E-state index contributed by atoms with van der Waals surface area (Å²) in [6, 6.07) is 21.4. The third kappa shape index (κ3) is 3.77. The molecule has 5 rings (SSSR count). The number of fused-ring (bicyclic) bond motifs is 3. The topological polar surface area (TPSA) is 12.0 Å². The Kier molecular flexibility index (Phi) is 5.58. The summed E-state index contributed by atoms with van der Waals surface area (Å²) in [5.41, 5.74) is 6.48. The Balaban J connectivity index is 1.48. The average molecular weight is 452 g/mol. The summed E-state index contributed by atoms with van der Waals surface area (Å²) >= 11 is 14.6. The molecule has 3 aromatic rings. The molecule has 0 saturated heterocycles. The van der Waals surface area contributed by atoms with E-state index in [2.05, 4.69) is 72.9 Å². The maximum atomic E-state index is 6.60. The van der Waals surface area contributed by atoms with Gasteiger partial charge in [-0.2, -0.15) is 0 Å². The Morgan fingerprint density at radius 1 is 1.00 bits per heavy atom. The van der Waals surface area contributed by atoms with E-state index in [1.807, 2.05) is 23.9 Å². The largest absolute Gasteiger partial charge is 0.377 e. The second-order valence-electron chi connectivity index (χ2n) is 8.12. The van der Waals surface area contributed by atoms with Crippen molar-refractivity contribution in [1.82, 2.24) is 0 Å². The highest BCUT2D eigenvalue weighted by atomic mass is 35.5. The minimum Gasteiger partial charge on any atom is -0.377 e. The fourth-order valence-electron chi connectivity index (χ4n) is 4.79. The van der Waals surface area contributed by atoms with Gasteiger partial charge in [-0.3, -0.25) is 0 Å². The van der Waals surface area contributed by atoms with Crippen LogP contribution in [0.2, 0.25) is 10.0 Å². The first-order chi connectivity index (χ1) is 14.6. The van der Waals surface area contributed by atoms with Gasteiger partial charge in [0.15, 0.2) is 0 Å². The van der Waals surface area contributed by atoms with Crippen LogP contribution < -0.4 is 5.32 Å². The second-order valence-corrected chi connectivity index (χ2v) is 10.0. The number of thioether (sulfide) groups is 1. The molecule has 1 aliphatic heterocycles. The highest BCUT2D eigenvalue weighted by molar-refractivity contribution is 7.98. The molecule has 0 radical (unpaired) electrons. The molecule has 0 bridgehead atoms. The van der Waals surface area contributed by atoms with Gasteiger partial charge in [0, 0.05) is 32.3 Å². The second kappa shape index (κ2) is 8.34. The van der Waals surface area contributed by atoms with Crippen molar-refractivity contribution in [3.8, 4) is 0 Å². The number of halogens is 2. The Morgan fingerprint density at radius 3 is 2.63 bits per heavy atom. The number of benzene rings is 3. The van der Waals surface area contributed by atoms with Gasteiger partial charge in [0.1, 0.15) is 0 Å². The van der Waals surface area contributed by atoms with Crippen LogP contribution >= 0.6 is 35.0 Å². The van der Waals surface area contributed by atoms with E-state index in [-0.39, 0.29) is 6.04 Å². The Morgan fingerprint density at radius 2 is 1.83 bits per heavy atom. The van der Waals surface area contributed by atoms with Gasteiger partial charge in [-0.15, -0.1) is 11.8 Å². The van der Waals surface area contributed by atoms with E-state index < -0.39 is 0 Å². The molecule has 0 spiro atoms. The van der Waals surface area contributed by atoms with E-state index in [1.165, 1.54) is 27.3 Å². The van der Waals surface area contributed by atoms with Crippen LogP contribution in [0, 0.1) is 12.8 Å². The van der Waals surface area contributed by atoms with Crippen molar-refractivity contribution in [3.63, 3.8) is 0 Å². The Labute approximate surface area is 192 Å². The molecular formula is C26H23Cl2NS. The SMILES string of the molecule is Cc1cc(CSc2ccccc2)cc2c1N[C@H](c1ccc(Cl)cc1Cl)[C@H]1CC=C[C@@H]21. The highest BCUT2D eigenvalue weighted by Gasteiger charge is 2.39. The smallest absolute Gasteiger partial charge is 0.0568 e. The number of nitrogens with one attached hydrogen (secondary N) is 1. The number of rotatable bonds is 4. The molecule has 0 saturated carbocycles. The summed E-state index contributed by atoms with van der Waals surface area (Å²) in [5, 5.41) is 5.26. The maximum absolute atomic E-state index is 6.60. The zero-order valence-electron chi connectivity index (χ0n) is 16.7. The number of aryl methyl sites for hydroxylation is 1. The average Bonchev–Trinajstić information content (AvgIpc) is 3.23. The van der Waals surface area contributed by atoms with Gasteiger partial charge in [0.05, 0.1) is 6.04 Å². The quantitative estimate of drug-likeness (QED) is 0.315. The molecule has 152 valence electrons. The first-order valence-electron chi connectivity index (χ1n) is 10.3. The summed E-state index contributed by atoms with van der Waals surface area (Å²) in [4.78, 5) is 1.31. The zero-order valence-corrected chi connectivity index (χ0v) is 19.1. The molecule has 0 unspecified atom stereocenters. The predicted octanol–water partition coefficient (Wildman–Crippen LogP) is 8.42. The maximum Gasteiger partial charge on any atom is 0.0568 e. The summed E-state index contributed by atoms with van der Waals surface area (Å²) in [6.07, 6.45) is 5.77. The standard InChI is InChI=1S/C26H23Cl2NS/c1-16-12-17(15-30-19-6-3-2-4-7-19)13-23-20-8-5-9-21(20)26(29-25(16)23)22-11-10-18(27)14-24(22)28/h2-8,10-14,20-21,26,29H,9,15H2,1H3/t20-,21+,26+/m1/s1. The van der Waals surface area contributed by atoms with Crippen molar-refractivity contribution in [1.29, 1.82) is 0 Å². The van der Waals surface area contributed by atoms with Crippen LogP contribution in [0.5, 0.6) is 0 Å². The molecule has 30 heavy (non-hydrogen) atoms. The molecule has 0 fully saturated rings. The van der Waals surface area contributed by atoms with Crippen LogP contribution in [0.1, 0.15) is 40.6 Å². The molecular weight excluding hydrogens is 429 g/mol. The summed E-state index contributed by atoms with van der Waals surface area (Å²) in [5.74, 6) is 1.86. The van der Waals surface area contributed by atoms with Crippen LogP contribution in [0.4, 0.5) is 5.69 Å². The van der Waals surface area contributed by atoms with E-state index in [1.54, 1.807) is 0 Å². The number of anilines is 1. The van der Waals surface area contributed by atoms with E-state index >= 15 is 0 Å². The minimum atomic E-state index is 0.186. The van der Waals surface area contributed by atoms with E-state index in [0.29, 0.717) is 16.9 Å². The van der Waals surface area contributed by atoms with Crippen LogP contribution in [0.25, 0.3) is 0 Å². The monoisotopic (exact) mass is 451 g/mol. The van der Waals surface area contributed by atoms with Crippen molar-refractivity contribution in [2.75, 3.05) is 5.32 Å². The lowest BCUT2D eigenvalue weighted by Gasteiger charge is -2.39. The molecule has 3 atom stereocenters. The van der Waals surface area contributed by atoms with Crippen LogP contribution in [-0.4, -0.2) is 0 Å². The molecule has 4 heteroatoms. The van der Waals surface area contributed by atoms with Crippen molar-refractivity contribution >= 4 is 40.7 Å². The van der Waals surface area contributed by atoms with Crippen LogP contribution in [0.3, 0.4) is 0 Å². The van der Waals surface area contributed by atoms with Crippen molar-refractivity contribution in [2.24, 2.45) is 5.92 Å². The van der Waals surface area contributed by atoms with Gasteiger partial charge in [0.25, 0.3) is 0 Å². The molecule has 0 aromatic heterocycles. The number of hydrogen-bond donors (Lipinski definition) is 1. The first kappa shape index (κ1) is 20.1. The third-order valence-electron chi connectivity index (χ3n) is 6.17. The fraction of sp³-hybridized carbons (Fsp3) is 0.231. The summed E-state index contributed by atoms with van der Waals surface area (Å²) in [6.45, 7) is 2.21. The van der Waals surface area contributed by atoms with Gasteiger partial charge in [-0.05, 0) is 65.8 Å². The molecule has 1 heterocycles. The van der Waals surface area contributed by atoms with Gasteiger partial charge in [0.2, 0.25) is 0 Å². The van der Waals surface area contributed by atoms with Crippen molar-refractivity contribution in [2.45, 2.75) is 36.0 Å². The molecule has 2 aliphatic rings. The van der Waals surface area contributed by atoms with E-state index in [0.717, 1.165) is 22.8 Å². The van der Waals surface area contributed by atoms with Gasteiger partial charge in [-0.25, -0.2) is 0 Å². The zero-order chi connectivity index (χ0) is 20.7. The lowest BCUT2D eigenvalue weighted by atomic mass is 9.76. The molecule has 3 aromatic carbocycles. The first-order valence-corrected chi connectivity index (χ1v) is 12.0. The lowest BCUT2D eigenvalue weighted by Crippen LogP contribution is -2.30. The Hall–Kier alpha value is -1.87. The summed E-state index contributed by atoms with van der Waals surface area (Å²) < 4.78 is 0. The van der Waals surface area contributed by atoms with Crippen molar-refractivity contribution < 1.29 is 0 Å². The van der Waals surface area contributed by atoms with E-state index in [4.69, 9.17) is 23.2 Å². The van der Waals surface area contributed by atoms with Gasteiger partial charge in [-0.1, -0.05) is 71.8 Å². The predicted molar refractivity (Wildman–Crippen MR) is 130 cm³/mol. The number of allylic oxidation sites excluding steroid dienone is 2.